The lowest BCUT2D eigenvalue weighted by atomic mass is 10.00. The van der Waals surface area contributed by atoms with Gasteiger partial charge in [0.25, 0.3) is 0 Å². The number of carboxylic acid groups (broad SMARTS) is 1. The van der Waals surface area contributed by atoms with Crippen molar-refractivity contribution in [2.24, 2.45) is 0 Å². The molecule has 10 nitrogen and oxygen atoms in total. The molecule has 0 aromatic heterocycles. The molecule has 0 bridgehead atoms. The minimum absolute atomic E-state index is 0.250. The maximum atomic E-state index is 11.8. The molecule has 0 fully saturated rings. The molecule has 4 rings (SSSR count). The maximum Gasteiger partial charge on any atom is 0.394 e. The van der Waals surface area contributed by atoms with Gasteiger partial charge in [0.1, 0.15) is 0 Å². The minimum Gasteiger partial charge on any atom is -0.478 e. The van der Waals surface area contributed by atoms with E-state index in [1.807, 2.05) is 97.9 Å². The number of hydrogen-bond acceptors (Lipinski definition) is 7. The first-order valence-corrected chi connectivity index (χ1v) is 14.4. The van der Waals surface area contributed by atoms with Crippen molar-refractivity contribution in [3.05, 3.63) is 120 Å². The lowest BCUT2D eigenvalue weighted by molar-refractivity contribution is 0.0526. The maximum absolute atomic E-state index is 11.8. The smallest absolute Gasteiger partial charge is 0.394 e. The Labute approximate surface area is 252 Å². The predicted octanol–water partition coefficient (Wildman–Crippen LogP) is 5.93. The lowest BCUT2D eigenvalue weighted by Crippen LogP contribution is -2.06. The Balaban J connectivity index is 0.000000617. The summed E-state index contributed by atoms with van der Waals surface area (Å²) in [6, 6.07) is 33.8. The molecule has 0 heterocycles. The molecule has 0 amide bonds. The molecular formula is C32H38O10S. The summed E-state index contributed by atoms with van der Waals surface area (Å²) in [5.74, 6) is -1.17. The monoisotopic (exact) mass is 614 g/mol. The molecule has 0 saturated carbocycles. The van der Waals surface area contributed by atoms with Crippen LogP contribution >= 0.6 is 0 Å². The van der Waals surface area contributed by atoms with Gasteiger partial charge in [-0.15, -0.1) is 0 Å². The second-order valence-electron chi connectivity index (χ2n) is 7.93. The number of hydrogen-bond donors (Lipinski definition) is 5. The number of aliphatic hydroxyl groups excluding tert-OH is 2. The topological polar surface area (TPSA) is 179 Å². The average Bonchev–Trinajstić information content (AvgIpc) is 2.98. The Bertz CT molecular complexity index is 1430. The summed E-state index contributed by atoms with van der Waals surface area (Å²) in [6.45, 7) is 6.06. The van der Waals surface area contributed by atoms with Crippen LogP contribution in [0.5, 0.6) is 0 Å². The molecule has 4 aromatic carbocycles. The van der Waals surface area contributed by atoms with Gasteiger partial charge in [-0.25, -0.2) is 9.59 Å². The lowest BCUT2D eigenvalue weighted by Gasteiger charge is -2.08. The van der Waals surface area contributed by atoms with Gasteiger partial charge in [-0.1, -0.05) is 97.1 Å². The second-order valence-corrected chi connectivity index (χ2v) is 8.82. The van der Waals surface area contributed by atoms with Crippen LogP contribution in [0.1, 0.15) is 41.5 Å². The Morgan fingerprint density at radius 3 is 1.26 bits per heavy atom. The van der Waals surface area contributed by atoms with Crippen LogP contribution in [0.4, 0.5) is 0 Å². The van der Waals surface area contributed by atoms with E-state index in [0.29, 0.717) is 17.7 Å². The minimum atomic E-state index is -4.67. The van der Waals surface area contributed by atoms with Gasteiger partial charge in [-0.3, -0.25) is 9.11 Å². The molecule has 11 heteroatoms. The van der Waals surface area contributed by atoms with Crippen LogP contribution in [0.15, 0.2) is 109 Å². The molecule has 0 aliphatic heterocycles. The van der Waals surface area contributed by atoms with Gasteiger partial charge in [-0.2, -0.15) is 8.42 Å². The number of carbonyl (C=O) groups is 2. The molecule has 5 N–H and O–H groups in total. The summed E-state index contributed by atoms with van der Waals surface area (Å²) in [7, 11) is -4.67. The third-order valence-corrected chi connectivity index (χ3v) is 4.75. The molecule has 0 atom stereocenters. The number of rotatable bonds is 5. The van der Waals surface area contributed by atoms with Crippen molar-refractivity contribution in [1.82, 2.24) is 0 Å². The van der Waals surface area contributed by atoms with Crippen LogP contribution in [-0.2, 0) is 15.1 Å². The Morgan fingerprint density at radius 2 is 0.907 bits per heavy atom. The molecule has 0 aliphatic carbocycles. The van der Waals surface area contributed by atoms with Gasteiger partial charge in [0.05, 0.1) is 17.7 Å². The van der Waals surface area contributed by atoms with Gasteiger partial charge in [0.2, 0.25) is 0 Å². The summed E-state index contributed by atoms with van der Waals surface area (Å²) in [4.78, 5) is 22.8. The molecule has 0 aliphatic rings. The van der Waals surface area contributed by atoms with E-state index in [4.69, 9.17) is 37.6 Å². The molecule has 0 radical (unpaired) electrons. The van der Waals surface area contributed by atoms with Gasteiger partial charge in [0, 0.05) is 13.2 Å². The fraction of sp³-hybridized carbons (Fsp3) is 0.188. The van der Waals surface area contributed by atoms with Crippen molar-refractivity contribution in [1.29, 1.82) is 0 Å². The highest BCUT2D eigenvalue weighted by Gasteiger charge is 2.12. The van der Waals surface area contributed by atoms with Crippen LogP contribution < -0.4 is 0 Å². The number of aliphatic hydroxyl groups is 2. The van der Waals surface area contributed by atoms with Gasteiger partial charge in [0.15, 0.2) is 0 Å². The third kappa shape index (κ3) is 17.2. The fourth-order valence-electron chi connectivity index (χ4n) is 3.28. The van der Waals surface area contributed by atoms with E-state index in [1.165, 1.54) is 0 Å². The summed E-state index contributed by atoms with van der Waals surface area (Å²) < 4.78 is 36.6. The van der Waals surface area contributed by atoms with Crippen molar-refractivity contribution in [2.75, 3.05) is 19.8 Å². The second kappa shape index (κ2) is 22.2. The van der Waals surface area contributed by atoms with Crippen molar-refractivity contribution in [3.63, 3.8) is 0 Å². The standard InChI is InChI=1S/C15H14O2.C13H10O2.2C2H6O.H2O4S/c1-2-17-15(16)14-11-7-6-10-13(14)12-8-4-3-5-9-12;14-13(15)12-9-5-4-8-11(12)10-6-2-1-3-7-10;2*1-2-3;1-5(2,3)4/h3-11H,2H2,1H3;1-9H,(H,14,15);2*3H,2H2,1H3;(H2,1,2,3,4). The molecule has 43 heavy (non-hydrogen) atoms. The van der Waals surface area contributed by atoms with Crippen molar-refractivity contribution >= 4 is 22.3 Å². The molecule has 0 saturated heterocycles. The summed E-state index contributed by atoms with van der Waals surface area (Å²) in [5, 5.41) is 24.2. The number of aromatic carboxylic acids is 1. The van der Waals surface area contributed by atoms with Crippen LogP contribution in [0, 0.1) is 0 Å². The van der Waals surface area contributed by atoms with Gasteiger partial charge < -0.3 is 20.1 Å². The Kier molecular flexibility index (Phi) is 20.0. The highest BCUT2D eigenvalue weighted by molar-refractivity contribution is 7.79. The number of benzene rings is 4. The molecule has 0 spiro atoms. The van der Waals surface area contributed by atoms with Crippen molar-refractivity contribution in [2.45, 2.75) is 20.8 Å². The summed E-state index contributed by atoms with van der Waals surface area (Å²) >= 11 is 0. The Morgan fingerprint density at radius 1 is 0.605 bits per heavy atom. The van der Waals surface area contributed by atoms with E-state index in [-0.39, 0.29) is 19.2 Å². The average molecular weight is 615 g/mol. The van der Waals surface area contributed by atoms with Gasteiger partial charge in [-0.05, 0) is 55.2 Å². The van der Waals surface area contributed by atoms with Crippen molar-refractivity contribution < 1.29 is 47.2 Å². The first kappa shape index (κ1) is 38.6. The number of esters is 1. The highest BCUT2D eigenvalue weighted by atomic mass is 32.3. The predicted molar refractivity (Wildman–Crippen MR) is 166 cm³/mol. The quantitative estimate of drug-likeness (QED) is 0.134. The third-order valence-electron chi connectivity index (χ3n) is 4.75. The van der Waals surface area contributed by atoms with Crippen LogP contribution in [-0.4, -0.2) is 64.6 Å². The summed E-state index contributed by atoms with van der Waals surface area (Å²) in [5.41, 5.74) is 4.56. The van der Waals surface area contributed by atoms with E-state index in [2.05, 4.69) is 0 Å². The zero-order valence-electron chi connectivity index (χ0n) is 24.2. The largest absolute Gasteiger partial charge is 0.478 e. The fourth-order valence-corrected chi connectivity index (χ4v) is 3.28. The summed E-state index contributed by atoms with van der Waals surface area (Å²) in [6.07, 6.45) is 0. The van der Waals surface area contributed by atoms with E-state index in [1.54, 1.807) is 32.0 Å². The Hall–Kier alpha value is -4.39. The SMILES string of the molecule is CCO.CCO.CCOC(=O)c1ccccc1-c1ccccc1.O=C(O)c1ccccc1-c1ccccc1.O=S(=O)(O)O. The number of carbonyl (C=O) groups excluding carboxylic acids is 1. The first-order valence-electron chi connectivity index (χ1n) is 13.1. The van der Waals surface area contributed by atoms with E-state index in [0.717, 1.165) is 22.3 Å². The van der Waals surface area contributed by atoms with E-state index < -0.39 is 16.4 Å². The molecular weight excluding hydrogens is 576 g/mol. The van der Waals surface area contributed by atoms with Crippen LogP contribution in [0.25, 0.3) is 22.3 Å². The molecule has 4 aromatic rings. The van der Waals surface area contributed by atoms with E-state index >= 15 is 0 Å². The molecule has 0 unspecified atom stereocenters. The highest BCUT2D eigenvalue weighted by Crippen LogP contribution is 2.24. The number of ether oxygens (including phenoxy) is 1. The molecule has 232 valence electrons. The zero-order chi connectivity index (χ0) is 32.7. The number of carboxylic acids is 1. The van der Waals surface area contributed by atoms with E-state index in [9.17, 15) is 9.59 Å². The zero-order valence-corrected chi connectivity index (χ0v) is 25.0. The van der Waals surface area contributed by atoms with Crippen molar-refractivity contribution in [3.8, 4) is 22.3 Å². The van der Waals surface area contributed by atoms with Crippen LogP contribution in [0.3, 0.4) is 0 Å². The van der Waals surface area contributed by atoms with Gasteiger partial charge >= 0.3 is 22.3 Å². The van der Waals surface area contributed by atoms with Crippen LogP contribution in [0.2, 0.25) is 0 Å². The first-order chi connectivity index (χ1) is 20.4. The normalized spacial score (nSPS) is 9.56.